The largest absolute Gasteiger partial charge is 0.462 e. The highest BCUT2D eigenvalue weighted by molar-refractivity contribution is 7.80. The number of esters is 1. The van der Waals surface area contributed by atoms with Crippen LogP contribution in [0.4, 0.5) is 5.69 Å². The summed E-state index contributed by atoms with van der Waals surface area (Å²) in [6.07, 6.45) is 8.32. The van der Waals surface area contributed by atoms with E-state index in [1.807, 2.05) is 0 Å². The molecular formula is C20H28N2O3S. The topological polar surface area (TPSA) is 67.4 Å². The Bertz CT molecular complexity index is 610. The predicted octanol–water partition coefficient (Wildman–Crippen LogP) is 4.43. The molecule has 0 aromatic heterocycles. The Kier molecular flexibility index (Phi) is 8.54. The Balaban J connectivity index is 1.77. The van der Waals surface area contributed by atoms with E-state index in [1.165, 1.54) is 6.42 Å². The second-order valence-corrected chi connectivity index (χ2v) is 7.11. The van der Waals surface area contributed by atoms with Crippen LogP contribution in [0.15, 0.2) is 24.3 Å². The van der Waals surface area contributed by atoms with Gasteiger partial charge in [-0.05, 0) is 55.7 Å². The fourth-order valence-corrected chi connectivity index (χ4v) is 3.25. The molecule has 1 aliphatic rings. The zero-order chi connectivity index (χ0) is 18.8. The molecule has 2 rings (SSSR count). The molecule has 2 N–H and O–H groups in total. The van der Waals surface area contributed by atoms with E-state index < -0.39 is 0 Å². The van der Waals surface area contributed by atoms with Gasteiger partial charge in [0.25, 0.3) is 0 Å². The Labute approximate surface area is 160 Å². The molecule has 142 valence electrons. The minimum atomic E-state index is -0.319. The number of carbonyl (C=O) groups excluding carboxylic acids is 2. The molecule has 1 aromatic carbocycles. The second kappa shape index (κ2) is 10.9. The molecule has 0 unspecified atom stereocenters. The SMILES string of the molecule is CCCCCOC(=O)c1ccc(NC(=S)NC(=O)C2CCCCC2)cc1. The molecule has 0 radical (unpaired) electrons. The van der Waals surface area contributed by atoms with E-state index in [9.17, 15) is 9.59 Å². The van der Waals surface area contributed by atoms with Crippen molar-refractivity contribution in [3.63, 3.8) is 0 Å². The number of rotatable bonds is 7. The number of amides is 1. The number of carbonyl (C=O) groups is 2. The molecule has 1 aliphatic carbocycles. The van der Waals surface area contributed by atoms with Crippen LogP contribution >= 0.6 is 12.2 Å². The zero-order valence-electron chi connectivity index (χ0n) is 15.4. The average Bonchev–Trinajstić information content (AvgIpc) is 2.66. The second-order valence-electron chi connectivity index (χ2n) is 6.70. The molecule has 6 heteroatoms. The van der Waals surface area contributed by atoms with Crippen molar-refractivity contribution in [3.8, 4) is 0 Å². The molecule has 0 aliphatic heterocycles. The number of hydrogen-bond acceptors (Lipinski definition) is 4. The average molecular weight is 377 g/mol. The summed E-state index contributed by atoms with van der Waals surface area (Å²) < 4.78 is 5.23. The highest BCUT2D eigenvalue weighted by atomic mass is 32.1. The lowest BCUT2D eigenvalue weighted by Crippen LogP contribution is -2.38. The lowest BCUT2D eigenvalue weighted by atomic mass is 9.89. The third-order valence-electron chi connectivity index (χ3n) is 4.57. The van der Waals surface area contributed by atoms with E-state index in [2.05, 4.69) is 17.6 Å². The van der Waals surface area contributed by atoms with Gasteiger partial charge in [-0.2, -0.15) is 0 Å². The first kappa shape index (κ1) is 20.4. The predicted molar refractivity (Wildman–Crippen MR) is 107 cm³/mol. The van der Waals surface area contributed by atoms with E-state index >= 15 is 0 Å². The van der Waals surface area contributed by atoms with Crippen molar-refractivity contribution in [1.29, 1.82) is 0 Å². The van der Waals surface area contributed by atoms with Gasteiger partial charge < -0.3 is 15.4 Å². The fraction of sp³-hybridized carbons (Fsp3) is 0.550. The van der Waals surface area contributed by atoms with Crippen LogP contribution in [0.2, 0.25) is 0 Å². The van der Waals surface area contributed by atoms with Crippen molar-refractivity contribution in [3.05, 3.63) is 29.8 Å². The van der Waals surface area contributed by atoms with Crippen LogP contribution < -0.4 is 10.6 Å². The molecule has 1 aromatic rings. The van der Waals surface area contributed by atoms with Gasteiger partial charge in [-0.3, -0.25) is 4.79 Å². The Morgan fingerprint density at radius 1 is 1.12 bits per heavy atom. The number of thiocarbonyl (C=S) groups is 1. The summed E-state index contributed by atoms with van der Waals surface area (Å²) >= 11 is 5.21. The maximum absolute atomic E-state index is 12.2. The maximum atomic E-state index is 12.2. The van der Waals surface area contributed by atoms with Crippen LogP contribution in [0.25, 0.3) is 0 Å². The molecule has 1 amide bonds. The summed E-state index contributed by atoms with van der Waals surface area (Å²) in [5.74, 6) is -0.260. The molecule has 26 heavy (non-hydrogen) atoms. The Hall–Kier alpha value is -1.95. The lowest BCUT2D eigenvalue weighted by Gasteiger charge is -2.21. The van der Waals surface area contributed by atoms with Crippen LogP contribution in [0, 0.1) is 5.92 Å². The number of ether oxygens (including phenoxy) is 1. The quantitative estimate of drug-likeness (QED) is 0.419. The first-order valence-corrected chi connectivity index (χ1v) is 9.90. The normalized spacial score (nSPS) is 14.5. The number of hydrogen-bond donors (Lipinski definition) is 2. The van der Waals surface area contributed by atoms with Crippen LogP contribution in [0.5, 0.6) is 0 Å². The fourth-order valence-electron chi connectivity index (χ4n) is 3.03. The van der Waals surface area contributed by atoms with Crippen molar-refractivity contribution in [2.75, 3.05) is 11.9 Å². The monoisotopic (exact) mass is 376 g/mol. The summed E-state index contributed by atoms with van der Waals surface area (Å²) in [7, 11) is 0. The van der Waals surface area contributed by atoms with Crippen LogP contribution in [-0.2, 0) is 9.53 Å². The minimum Gasteiger partial charge on any atom is -0.462 e. The summed E-state index contributed by atoms with van der Waals surface area (Å²) in [5.41, 5.74) is 1.23. The molecule has 0 bridgehead atoms. The summed E-state index contributed by atoms with van der Waals surface area (Å²) in [6.45, 7) is 2.56. The van der Waals surface area contributed by atoms with Gasteiger partial charge in [0, 0.05) is 11.6 Å². The van der Waals surface area contributed by atoms with Gasteiger partial charge in [-0.1, -0.05) is 39.0 Å². The Morgan fingerprint density at radius 2 is 1.81 bits per heavy atom. The molecular weight excluding hydrogens is 348 g/mol. The maximum Gasteiger partial charge on any atom is 0.338 e. The van der Waals surface area contributed by atoms with Gasteiger partial charge in [0.2, 0.25) is 5.91 Å². The van der Waals surface area contributed by atoms with E-state index in [0.29, 0.717) is 12.2 Å². The molecule has 1 fully saturated rings. The van der Waals surface area contributed by atoms with E-state index in [0.717, 1.165) is 50.6 Å². The molecule has 0 saturated heterocycles. The standard InChI is InChI=1S/C20H28N2O3S/c1-2-3-7-14-25-19(24)16-10-12-17(13-11-16)21-20(26)22-18(23)15-8-5-4-6-9-15/h10-13,15H,2-9,14H2,1H3,(H2,21,22,23,26). The van der Waals surface area contributed by atoms with Crippen LogP contribution in [-0.4, -0.2) is 23.6 Å². The first-order valence-electron chi connectivity index (χ1n) is 9.49. The van der Waals surface area contributed by atoms with E-state index in [4.69, 9.17) is 17.0 Å². The van der Waals surface area contributed by atoms with Crippen LogP contribution in [0.1, 0.15) is 68.6 Å². The van der Waals surface area contributed by atoms with E-state index in [1.54, 1.807) is 24.3 Å². The molecule has 0 spiro atoms. The molecule has 0 heterocycles. The number of nitrogens with one attached hydrogen (secondary N) is 2. The van der Waals surface area contributed by atoms with Crippen molar-refractivity contribution in [1.82, 2.24) is 5.32 Å². The molecule has 0 atom stereocenters. The summed E-state index contributed by atoms with van der Waals surface area (Å²) in [4.78, 5) is 24.1. The van der Waals surface area contributed by atoms with Crippen LogP contribution in [0.3, 0.4) is 0 Å². The number of benzene rings is 1. The minimum absolute atomic E-state index is 0.00511. The van der Waals surface area contributed by atoms with Gasteiger partial charge in [-0.15, -0.1) is 0 Å². The van der Waals surface area contributed by atoms with Gasteiger partial charge in [0.05, 0.1) is 12.2 Å². The first-order chi connectivity index (χ1) is 12.6. The smallest absolute Gasteiger partial charge is 0.338 e. The molecule has 1 saturated carbocycles. The van der Waals surface area contributed by atoms with Gasteiger partial charge in [0.1, 0.15) is 0 Å². The van der Waals surface area contributed by atoms with Gasteiger partial charge >= 0.3 is 5.97 Å². The summed E-state index contributed by atoms with van der Waals surface area (Å²) in [6, 6.07) is 6.88. The van der Waals surface area contributed by atoms with Crippen molar-refractivity contribution in [2.24, 2.45) is 5.92 Å². The highest BCUT2D eigenvalue weighted by Crippen LogP contribution is 2.23. The van der Waals surface area contributed by atoms with Gasteiger partial charge in [-0.25, -0.2) is 4.79 Å². The molecule has 5 nitrogen and oxygen atoms in total. The summed E-state index contributed by atoms with van der Waals surface area (Å²) in [5, 5.41) is 6.04. The van der Waals surface area contributed by atoms with Crippen molar-refractivity contribution in [2.45, 2.75) is 58.3 Å². The Morgan fingerprint density at radius 3 is 2.46 bits per heavy atom. The highest BCUT2D eigenvalue weighted by Gasteiger charge is 2.21. The number of anilines is 1. The van der Waals surface area contributed by atoms with Crippen molar-refractivity contribution < 1.29 is 14.3 Å². The van der Waals surface area contributed by atoms with Gasteiger partial charge in [0.15, 0.2) is 5.11 Å². The van der Waals surface area contributed by atoms with E-state index in [-0.39, 0.29) is 22.9 Å². The number of unbranched alkanes of at least 4 members (excludes halogenated alkanes) is 2. The third-order valence-corrected chi connectivity index (χ3v) is 4.78. The lowest BCUT2D eigenvalue weighted by molar-refractivity contribution is -0.124. The van der Waals surface area contributed by atoms with Crippen molar-refractivity contribution >= 4 is 34.9 Å². The third kappa shape index (κ3) is 6.75. The zero-order valence-corrected chi connectivity index (χ0v) is 16.2.